The molecule has 1 saturated heterocycles. The van der Waals surface area contributed by atoms with Gasteiger partial charge >= 0.3 is 6.03 Å². The average Bonchev–Trinajstić information content (AvgIpc) is 2.89. The van der Waals surface area contributed by atoms with E-state index < -0.39 is 6.03 Å². The Labute approximate surface area is 143 Å². The predicted octanol–water partition coefficient (Wildman–Crippen LogP) is 1.06. The molecule has 0 unspecified atom stereocenters. The number of urea groups is 1. The number of allylic oxidation sites excluding steroid dienone is 2. The van der Waals surface area contributed by atoms with Gasteiger partial charge in [-0.1, -0.05) is 12.2 Å². The van der Waals surface area contributed by atoms with E-state index in [1.807, 2.05) is 12.2 Å². The quantitative estimate of drug-likeness (QED) is 0.562. The number of rotatable bonds is 3. The van der Waals surface area contributed by atoms with Gasteiger partial charge in [-0.05, 0) is 36.8 Å². The Bertz CT molecular complexity index is 746. The van der Waals surface area contributed by atoms with Crippen molar-refractivity contribution in [2.45, 2.75) is 12.8 Å². The highest BCUT2D eigenvalue weighted by atomic mass is 16.3. The van der Waals surface area contributed by atoms with Crippen LogP contribution in [0.1, 0.15) is 12.8 Å². The number of aromatic hydroxyl groups is 1. The minimum absolute atomic E-state index is 0.00925. The fourth-order valence-corrected chi connectivity index (χ4v) is 4.09. The van der Waals surface area contributed by atoms with Gasteiger partial charge in [0.05, 0.1) is 11.8 Å². The van der Waals surface area contributed by atoms with Crippen LogP contribution < -0.4 is 10.6 Å². The van der Waals surface area contributed by atoms with Gasteiger partial charge in [0.25, 0.3) is 0 Å². The van der Waals surface area contributed by atoms with Crippen molar-refractivity contribution >= 4 is 23.7 Å². The number of imide groups is 1. The van der Waals surface area contributed by atoms with Crippen LogP contribution in [0.5, 0.6) is 5.75 Å². The zero-order valence-corrected chi connectivity index (χ0v) is 13.4. The van der Waals surface area contributed by atoms with Crippen molar-refractivity contribution in [1.82, 2.24) is 15.2 Å². The van der Waals surface area contributed by atoms with Crippen molar-refractivity contribution in [2.75, 3.05) is 12.0 Å². The van der Waals surface area contributed by atoms with Gasteiger partial charge in [-0.15, -0.1) is 0 Å². The maximum absolute atomic E-state index is 12.6. The second-order valence-electron chi connectivity index (χ2n) is 6.61. The topological polar surface area (TPSA) is 112 Å². The Morgan fingerprint density at radius 3 is 2.40 bits per heavy atom. The van der Waals surface area contributed by atoms with E-state index >= 15 is 0 Å². The summed E-state index contributed by atoms with van der Waals surface area (Å²) in [7, 11) is 0. The first-order valence-electron chi connectivity index (χ1n) is 8.28. The molecule has 8 nitrogen and oxygen atoms in total. The fraction of sp³-hybridized carbons (Fsp3) is 0.412. The lowest BCUT2D eigenvalue weighted by Crippen LogP contribution is -2.43. The summed E-state index contributed by atoms with van der Waals surface area (Å²) >= 11 is 0. The van der Waals surface area contributed by atoms with Gasteiger partial charge in [-0.3, -0.25) is 19.8 Å². The van der Waals surface area contributed by atoms with E-state index in [-0.39, 0.29) is 53.7 Å². The summed E-state index contributed by atoms with van der Waals surface area (Å²) in [4.78, 5) is 42.1. The number of amides is 4. The molecule has 1 aromatic rings. The Hall–Kier alpha value is -2.90. The summed E-state index contributed by atoms with van der Waals surface area (Å²) < 4.78 is 0. The third-order valence-electron chi connectivity index (χ3n) is 5.27. The van der Waals surface area contributed by atoms with Crippen LogP contribution in [0.15, 0.2) is 30.5 Å². The minimum atomic E-state index is -0.648. The molecule has 2 heterocycles. The van der Waals surface area contributed by atoms with Crippen LogP contribution in [0.3, 0.4) is 0 Å². The first kappa shape index (κ1) is 15.6. The van der Waals surface area contributed by atoms with Crippen LogP contribution in [0.2, 0.25) is 0 Å². The van der Waals surface area contributed by atoms with Crippen LogP contribution in [0, 0.1) is 23.7 Å². The zero-order valence-electron chi connectivity index (χ0n) is 13.4. The summed E-state index contributed by atoms with van der Waals surface area (Å²) in [6.45, 7) is -0.191. The Kier molecular flexibility index (Phi) is 3.67. The minimum Gasteiger partial charge on any atom is -0.504 e. The van der Waals surface area contributed by atoms with E-state index in [0.29, 0.717) is 0 Å². The second-order valence-corrected chi connectivity index (χ2v) is 6.61. The van der Waals surface area contributed by atoms with E-state index in [4.69, 9.17) is 0 Å². The van der Waals surface area contributed by atoms with Gasteiger partial charge in [0.15, 0.2) is 11.6 Å². The van der Waals surface area contributed by atoms with Crippen molar-refractivity contribution in [1.29, 1.82) is 0 Å². The van der Waals surface area contributed by atoms with Gasteiger partial charge in [-0.2, -0.15) is 0 Å². The van der Waals surface area contributed by atoms with Crippen molar-refractivity contribution < 1.29 is 19.5 Å². The smallest absolute Gasteiger partial charge is 0.321 e. The van der Waals surface area contributed by atoms with Crippen LogP contribution in [0.4, 0.5) is 10.6 Å². The average molecular weight is 342 g/mol. The molecule has 4 atom stereocenters. The molecule has 0 radical (unpaired) electrons. The number of fused-ring (bicyclic) bond motifs is 1. The number of nitrogens with zero attached hydrogens (tertiary/aromatic N) is 2. The highest BCUT2D eigenvalue weighted by Crippen LogP contribution is 2.49. The van der Waals surface area contributed by atoms with Crippen LogP contribution in [-0.4, -0.2) is 39.5 Å². The van der Waals surface area contributed by atoms with Crippen molar-refractivity contribution in [2.24, 2.45) is 23.7 Å². The van der Waals surface area contributed by atoms with Crippen molar-refractivity contribution in [3.8, 4) is 5.75 Å². The number of anilines is 1. The maximum Gasteiger partial charge on any atom is 0.321 e. The molecular formula is C17H18N4O4. The van der Waals surface area contributed by atoms with E-state index in [9.17, 15) is 19.5 Å². The number of hydrogen-bond acceptors (Lipinski definition) is 5. The number of aromatic nitrogens is 1. The van der Waals surface area contributed by atoms with Gasteiger partial charge in [-0.25, -0.2) is 9.78 Å². The van der Waals surface area contributed by atoms with Crippen LogP contribution in [0.25, 0.3) is 0 Å². The van der Waals surface area contributed by atoms with Crippen molar-refractivity contribution in [3.63, 3.8) is 0 Å². The fourth-order valence-electron chi connectivity index (χ4n) is 4.09. The van der Waals surface area contributed by atoms with Gasteiger partial charge < -0.3 is 10.4 Å². The second kappa shape index (κ2) is 5.87. The van der Waals surface area contributed by atoms with E-state index in [0.717, 1.165) is 17.7 Å². The first-order valence-corrected chi connectivity index (χ1v) is 8.28. The normalized spacial score (nSPS) is 29.7. The molecule has 25 heavy (non-hydrogen) atoms. The van der Waals surface area contributed by atoms with Gasteiger partial charge in [0, 0.05) is 6.20 Å². The highest BCUT2D eigenvalue weighted by molar-refractivity contribution is 6.06. The Morgan fingerprint density at radius 2 is 1.84 bits per heavy atom. The molecule has 1 saturated carbocycles. The molecule has 4 amide bonds. The van der Waals surface area contributed by atoms with E-state index in [2.05, 4.69) is 15.6 Å². The monoisotopic (exact) mass is 342 g/mol. The van der Waals surface area contributed by atoms with Crippen molar-refractivity contribution in [3.05, 3.63) is 30.5 Å². The number of carbonyl (C=O) groups excluding carboxylic acids is 3. The SMILES string of the molecule is O=C(NCN1C(=O)[C@H]2[C@H](C1=O)[C@H]1C=C[C@H]2CC1)Nc1ncccc1O. The molecule has 4 aliphatic rings. The maximum atomic E-state index is 12.6. The molecule has 5 rings (SSSR count). The summed E-state index contributed by atoms with van der Waals surface area (Å²) in [5.74, 6) is -0.923. The Balaban J connectivity index is 1.40. The number of carbonyl (C=O) groups is 3. The molecule has 3 aliphatic carbocycles. The lowest BCUT2D eigenvalue weighted by Gasteiger charge is -2.38. The van der Waals surface area contributed by atoms with Gasteiger partial charge in [0.2, 0.25) is 11.8 Å². The highest BCUT2D eigenvalue weighted by Gasteiger charge is 2.56. The first-order chi connectivity index (χ1) is 12.1. The van der Waals surface area contributed by atoms with E-state index in [1.165, 1.54) is 18.3 Å². The molecule has 3 N–H and O–H groups in total. The summed E-state index contributed by atoms with van der Waals surface area (Å²) in [6, 6.07) is 2.28. The standard InChI is InChI=1S/C17H18N4O4/c22-11-2-1-7-18-14(11)20-17(25)19-8-21-15(23)12-9-3-4-10(6-5-9)13(12)16(21)24/h1-4,7,9-10,12-13,22H,5-6,8H2,(H2,18,19,20,25)/t9-,10-,12+,13+/m0/s1. The van der Waals surface area contributed by atoms with Crippen LogP contribution >= 0.6 is 0 Å². The Morgan fingerprint density at radius 1 is 1.20 bits per heavy atom. The number of nitrogens with one attached hydrogen (secondary N) is 2. The molecule has 0 aromatic carbocycles. The molecule has 2 fully saturated rings. The summed E-state index contributed by atoms with van der Waals surface area (Å²) in [5, 5.41) is 14.5. The summed E-state index contributed by atoms with van der Waals surface area (Å²) in [6.07, 6.45) is 7.39. The van der Waals surface area contributed by atoms with Gasteiger partial charge in [0.1, 0.15) is 6.67 Å². The predicted molar refractivity (Wildman–Crippen MR) is 87.1 cm³/mol. The number of hydrogen-bond donors (Lipinski definition) is 3. The van der Waals surface area contributed by atoms with Crippen LogP contribution in [-0.2, 0) is 9.59 Å². The number of likely N-dealkylation sites (tertiary alicyclic amines) is 1. The third kappa shape index (κ3) is 2.54. The van der Waals surface area contributed by atoms with E-state index in [1.54, 1.807) is 0 Å². The molecule has 1 aliphatic heterocycles. The third-order valence-corrected chi connectivity index (χ3v) is 5.27. The molecule has 1 aromatic heterocycles. The molecular weight excluding hydrogens is 324 g/mol. The number of pyridine rings is 1. The summed E-state index contributed by atoms with van der Waals surface area (Å²) in [5.41, 5.74) is 0. The zero-order chi connectivity index (χ0) is 17.6. The lowest BCUT2D eigenvalue weighted by molar-refractivity contribution is -0.140. The molecule has 2 bridgehead atoms. The molecule has 130 valence electrons. The largest absolute Gasteiger partial charge is 0.504 e. The molecule has 0 spiro atoms. The molecule has 8 heteroatoms. The lowest BCUT2D eigenvalue weighted by atomic mass is 9.63.